The van der Waals surface area contributed by atoms with Crippen LogP contribution < -0.4 is 9.47 Å². The molecule has 7 heteroatoms. The Morgan fingerprint density at radius 3 is 2.53 bits per heavy atom. The van der Waals surface area contributed by atoms with E-state index in [9.17, 15) is 4.79 Å². The van der Waals surface area contributed by atoms with Crippen LogP contribution >= 0.6 is 11.6 Å². The van der Waals surface area contributed by atoms with Gasteiger partial charge >= 0.3 is 0 Å². The van der Waals surface area contributed by atoms with Crippen molar-refractivity contribution in [2.45, 2.75) is 0 Å². The average molecular weight is 421 g/mol. The van der Waals surface area contributed by atoms with E-state index in [1.165, 1.54) is 0 Å². The molecule has 150 valence electrons. The summed E-state index contributed by atoms with van der Waals surface area (Å²) in [7, 11) is 1.56. The van der Waals surface area contributed by atoms with Crippen LogP contribution in [-0.4, -0.2) is 29.6 Å². The zero-order valence-corrected chi connectivity index (χ0v) is 16.8. The summed E-state index contributed by atoms with van der Waals surface area (Å²) in [5, 5.41) is 4.66. The lowest BCUT2D eigenvalue weighted by molar-refractivity contribution is 0.0921. The molecule has 0 radical (unpaired) electrons. The lowest BCUT2D eigenvalue weighted by atomic mass is 10.1. The lowest BCUT2D eigenvalue weighted by Gasteiger charge is -2.07. The molecule has 0 atom stereocenters. The third-order valence-electron chi connectivity index (χ3n) is 4.37. The highest BCUT2D eigenvalue weighted by molar-refractivity contribution is 6.30. The molecular weight excluding hydrogens is 404 g/mol. The van der Waals surface area contributed by atoms with Gasteiger partial charge in [-0.2, -0.15) is 4.98 Å². The van der Waals surface area contributed by atoms with Crippen LogP contribution in [0.4, 0.5) is 0 Å². The highest BCUT2D eigenvalue weighted by atomic mass is 35.5. The smallest absolute Gasteiger partial charge is 0.258 e. The summed E-state index contributed by atoms with van der Waals surface area (Å²) in [4.78, 5) is 16.8. The normalized spacial score (nSPS) is 10.6. The second-order valence-corrected chi connectivity index (χ2v) is 6.84. The van der Waals surface area contributed by atoms with Crippen LogP contribution in [0.2, 0.25) is 5.02 Å². The van der Waals surface area contributed by atoms with Crippen molar-refractivity contribution in [3.8, 4) is 34.3 Å². The van der Waals surface area contributed by atoms with E-state index in [0.29, 0.717) is 39.4 Å². The fourth-order valence-corrected chi connectivity index (χ4v) is 2.93. The average Bonchev–Trinajstić information content (AvgIpc) is 3.28. The third kappa shape index (κ3) is 4.50. The third-order valence-corrected chi connectivity index (χ3v) is 4.62. The van der Waals surface area contributed by atoms with Crippen molar-refractivity contribution < 1.29 is 18.8 Å². The maximum absolute atomic E-state index is 12.4. The van der Waals surface area contributed by atoms with Crippen molar-refractivity contribution in [1.82, 2.24) is 10.1 Å². The van der Waals surface area contributed by atoms with E-state index in [-0.39, 0.29) is 12.4 Å². The van der Waals surface area contributed by atoms with Crippen molar-refractivity contribution in [1.29, 1.82) is 0 Å². The molecule has 3 aromatic carbocycles. The summed E-state index contributed by atoms with van der Waals surface area (Å²) in [5.74, 6) is 1.81. The highest BCUT2D eigenvalue weighted by Crippen LogP contribution is 2.26. The fraction of sp³-hybridized carbons (Fsp3) is 0.0870. The predicted octanol–water partition coefficient (Wildman–Crippen LogP) is 5.33. The minimum absolute atomic E-state index is 0.0983. The fourth-order valence-electron chi connectivity index (χ4n) is 2.80. The Labute approximate surface area is 178 Å². The minimum atomic E-state index is -0.149. The number of nitrogens with zero attached hydrogens (tertiary/aromatic N) is 2. The number of ketones is 1. The number of aromatic nitrogens is 2. The Kier molecular flexibility index (Phi) is 5.77. The molecule has 0 saturated carbocycles. The van der Waals surface area contributed by atoms with Gasteiger partial charge in [-0.3, -0.25) is 4.79 Å². The van der Waals surface area contributed by atoms with E-state index in [1.54, 1.807) is 61.7 Å². The van der Waals surface area contributed by atoms with Crippen molar-refractivity contribution in [2.75, 3.05) is 13.7 Å². The van der Waals surface area contributed by atoms with Crippen molar-refractivity contribution in [3.05, 3.63) is 83.4 Å². The van der Waals surface area contributed by atoms with E-state index in [2.05, 4.69) is 10.1 Å². The molecule has 4 aromatic rings. The summed E-state index contributed by atoms with van der Waals surface area (Å²) in [5.41, 5.74) is 2.01. The number of rotatable bonds is 7. The molecule has 1 heterocycles. The van der Waals surface area contributed by atoms with Crippen LogP contribution in [0, 0.1) is 0 Å². The Balaban J connectivity index is 1.46. The molecule has 0 bridgehead atoms. The van der Waals surface area contributed by atoms with Gasteiger partial charge in [0.15, 0.2) is 12.4 Å². The van der Waals surface area contributed by atoms with Crippen molar-refractivity contribution in [2.24, 2.45) is 0 Å². The van der Waals surface area contributed by atoms with Crippen LogP contribution in [0.15, 0.2) is 77.3 Å². The van der Waals surface area contributed by atoms with Crippen LogP contribution in [0.5, 0.6) is 11.5 Å². The van der Waals surface area contributed by atoms with Gasteiger partial charge in [-0.1, -0.05) is 41.0 Å². The van der Waals surface area contributed by atoms with E-state index in [0.717, 1.165) is 5.56 Å². The Bertz CT molecular complexity index is 1170. The largest absolute Gasteiger partial charge is 0.497 e. The van der Waals surface area contributed by atoms with Gasteiger partial charge in [-0.05, 0) is 48.5 Å². The maximum Gasteiger partial charge on any atom is 0.258 e. The van der Waals surface area contributed by atoms with Crippen LogP contribution in [0.25, 0.3) is 22.8 Å². The van der Waals surface area contributed by atoms with Gasteiger partial charge in [0.1, 0.15) is 11.5 Å². The zero-order valence-electron chi connectivity index (χ0n) is 16.0. The minimum Gasteiger partial charge on any atom is -0.497 e. The molecule has 0 unspecified atom stereocenters. The number of ether oxygens (including phenoxy) is 2. The standard InChI is InChI=1S/C23H17ClN2O4/c1-28-19-6-2-4-16(12-19)21(27)14-29-20-7-3-5-17(13-20)22-25-23(30-26-22)15-8-10-18(24)11-9-15/h2-13H,14H2,1H3. The molecule has 0 saturated heterocycles. The number of hydrogen-bond donors (Lipinski definition) is 0. The predicted molar refractivity (Wildman–Crippen MR) is 113 cm³/mol. The Morgan fingerprint density at radius 1 is 0.967 bits per heavy atom. The molecule has 6 nitrogen and oxygen atoms in total. The molecule has 0 aliphatic carbocycles. The molecule has 0 spiro atoms. The summed E-state index contributed by atoms with van der Waals surface area (Å²) < 4.78 is 16.2. The summed E-state index contributed by atoms with van der Waals surface area (Å²) in [6, 6.07) is 21.3. The van der Waals surface area contributed by atoms with Gasteiger partial charge in [0, 0.05) is 21.7 Å². The molecule has 0 fully saturated rings. The van der Waals surface area contributed by atoms with Gasteiger partial charge in [0.05, 0.1) is 7.11 Å². The molecule has 0 amide bonds. The van der Waals surface area contributed by atoms with Gasteiger partial charge in [-0.25, -0.2) is 0 Å². The topological polar surface area (TPSA) is 74.5 Å². The first-order valence-electron chi connectivity index (χ1n) is 9.12. The Hall–Kier alpha value is -3.64. The highest BCUT2D eigenvalue weighted by Gasteiger charge is 2.12. The van der Waals surface area contributed by atoms with E-state index in [1.807, 2.05) is 18.2 Å². The monoisotopic (exact) mass is 420 g/mol. The SMILES string of the molecule is COc1cccc(C(=O)COc2cccc(-c3noc(-c4ccc(Cl)cc4)n3)c2)c1. The van der Waals surface area contributed by atoms with Gasteiger partial charge in [-0.15, -0.1) is 0 Å². The first-order valence-corrected chi connectivity index (χ1v) is 9.50. The first-order chi connectivity index (χ1) is 14.6. The van der Waals surface area contributed by atoms with Gasteiger partial charge < -0.3 is 14.0 Å². The molecule has 0 aliphatic rings. The molecule has 0 N–H and O–H groups in total. The molecule has 4 rings (SSSR count). The van der Waals surface area contributed by atoms with E-state index >= 15 is 0 Å². The number of Topliss-reactive ketones (excluding diaryl/α,β-unsaturated/α-hetero) is 1. The van der Waals surface area contributed by atoms with Gasteiger partial charge in [0.2, 0.25) is 5.82 Å². The zero-order chi connectivity index (χ0) is 20.9. The summed E-state index contributed by atoms with van der Waals surface area (Å²) in [6.07, 6.45) is 0. The summed E-state index contributed by atoms with van der Waals surface area (Å²) >= 11 is 5.91. The number of carbonyl (C=O) groups is 1. The molecular formula is C23H17ClN2O4. The summed E-state index contributed by atoms with van der Waals surface area (Å²) in [6.45, 7) is -0.0983. The number of carbonyl (C=O) groups excluding carboxylic acids is 1. The van der Waals surface area contributed by atoms with Crippen LogP contribution in [-0.2, 0) is 0 Å². The van der Waals surface area contributed by atoms with Crippen molar-refractivity contribution in [3.63, 3.8) is 0 Å². The Morgan fingerprint density at radius 2 is 1.73 bits per heavy atom. The van der Waals surface area contributed by atoms with Crippen LogP contribution in [0.1, 0.15) is 10.4 Å². The van der Waals surface area contributed by atoms with Gasteiger partial charge in [0.25, 0.3) is 5.89 Å². The number of halogens is 1. The number of methoxy groups -OCH3 is 1. The molecule has 0 aliphatic heterocycles. The second kappa shape index (κ2) is 8.80. The number of hydrogen-bond acceptors (Lipinski definition) is 6. The molecule has 1 aromatic heterocycles. The van der Waals surface area contributed by atoms with E-state index in [4.69, 9.17) is 25.6 Å². The quantitative estimate of drug-likeness (QED) is 0.376. The first kappa shape index (κ1) is 19.7. The maximum atomic E-state index is 12.4. The lowest BCUT2D eigenvalue weighted by Crippen LogP contribution is -2.11. The number of benzene rings is 3. The molecule has 30 heavy (non-hydrogen) atoms. The second-order valence-electron chi connectivity index (χ2n) is 6.40. The van der Waals surface area contributed by atoms with Crippen LogP contribution in [0.3, 0.4) is 0 Å². The van der Waals surface area contributed by atoms with E-state index < -0.39 is 0 Å². The van der Waals surface area contributed by atoms with Crippen molar-refractivity contribution >= 4 is 17.4 Å².